The van der Waals surface area contributed by atoms with Crippen LogP contribution in [-0.2, 0) is 0 Å². The summed E-state index contributed by atoms with van der Waals surface area (Å²) >= 11 is 1.88. The summed E-state index contributed by atoms with van der Waals surface area (Å²) < 4.78 is 0. The molecule has 2 atom stereocenters. The number of hydrogen-bond donors (Lipinski definition) is 1. The maximum Gasteiger partial charge on any atom is 0.0496 e. The van der Waals surface area contributed by atoms with E-state index in [0.717, 1.165) is 0 Å². The summed E-state index contributed by atoms with van der Waals surface area (Å²) in [6, 6.07) is 11.5. The second-order valence-corrected chi connectivity index (χ2v) is 7.13. The first kappa shape index (κ1) is 15.1. The van der Waals surface area contributed by atoms with Crippen LogP contribution in [-0.4, -0.2) is 0 Å². The second-order valence-electron chi connectivity index (χ2n) is 5.67. The fraction of sp³-hybridized carbons (Fsp3) is 0.444. The lowest BCUT2D eigenvalue weighted by Crippen LogP contribution is -2.06. The Labute approximate surface area is 127 Å². The van der Waals surface area contributed by atoms with Crippen LogP contribution in [0.5, 0.6) is 0 Å². The molecule has 0 saturated carbocycles. The summed E-state index contributed by atoms with van der Waals surface area (Å²) in [6.45, 7) is 11.1. The molecule has 2 rings (SSSR count). The Hall–Kier alpha value is -1.28. The van der Waals surface area contributed by atoms with E-state index in [0.29, 0.717) is 12.0 Å². The Morgan fingerprint density at radius 1 is 1.10 bits per heavy atom. The van der Waals surface area contributed by atoms with Crippen LogP contribution in [0.25, 0.3) is 0 Å². The van der Waals surface area contributed by atoms with Gasteiger partial charge in [0, 0.05) is 21.5 Å². The van der Waals surface area contributed by atoms with Crippen molar-refractivity contribution in [2.75, 3.05) is 5.32 Å². The largest absolute Gasteiger partial charge is 0.378 e. The van der Waals surface area contributed by atoms with Gasteiger partial charge in [-0.15, -0.1) is 11.3 Å². The van der Waals surface area contributed by atoms with E-state index in [1.165, 1.54) is 33.0 Å². The van der Waals surface area contributed by atoms with Crippen molar-refractivity contribution in [3.8, 4) is 0 Å². The van der Waals surface area contributed by atoms with E-state index in [-0.39, 0.29) is 0 Å². The van der Waals surface area contributed by atoms with Gasteiger partial charge in [0.05, 0.1) is 0 Å². The Bertz CT molecular complexity index is 553. The molecule has 0 aliphatic heterocycles. The van der Waals surface area contributed by atoms with Crippen LogP contribution >= 0.6 is 11.3 Å². The van der Waals surface area contributed by atoms with E-state index in [2.05, 4.69) is 70.3 Å². The average molecular weight is 287 g/mol. The summed E-state index contributed by atoms with van der Waals surface area (Å²) in [6.07, 6.45) is 1.19. The first-order chi connectivity index (χ1) is 9.51. The van der Waals surface area contributed by atoms with Crippen LogP contribution in [0, 0.1) is 13.8 Å². The lowest BCUT2D eigenvalue weighted by atomic mass is 9.98. The van der Waals surface area contributed by atoms with E-state index in [9.17, 15) is 0 Å². The predicted octanol–water partition coefficient (Wildman–Crippen LogP) is 6.05. The molecule has 0 fully saturated rings. The predicted molar refractivity (Wildman–Crippen MR) is 91.0 cm³/mol. The Balaban J connectivity index is 2.08. The summed E-state index contributed by atoms with van der Waals surface area (Å²) in [5.74, 6) is 0.642. The van der Waals surface area contributed by atoms with Crippen LogP contribution < -0.4 is 5.32 Å². The first-order valence-electron chi connectivity index (χ1n) is 7.44. The van der Waals surface area contributed by atoms with Gasteiger partial charge in [-0.25, -0.2) is 0 Å². The minimum absolute atomic E-state index is 0.356. The number of thiophene rings is 1. The van der Waals surface area contributed by atoms with Gasteiger partial charge in [0.1, 0.15) is 0 Å². The van der Waals surface area contributed by atoms with Gasteiger partial charge in [-0.1, -0.05) is 26.0 Å². The second kappa shape index (κ2) is 6.45. The Morgan fingerprint density at radius 2 is 1.75 bits per heavy atom. The molecule has 0 bridgehead atoms. The van der Waals surface area contributed by atoms with Crippen LogP contribution in [0.1, 0.15) is 60.0 Å². The molecule has 2 heteroatoms. The van der Waals surface area contributed by atoms with E-state index >= 15 is 0 Å². The number of hydrogen-bond acceptors (Lipinski definition) is 2. The monoisotopic (exact) mass is 287 g/mol. The molecule has 0 aliphatic carbocycles. The highest BCUT2D eigenvalue weighted by molar-refractivity contribution is 7.12. The van der Waals surface area contributed by atoms with Crippen molar-refractivity contribution >= 4 is 17.0 Å². The smallest absolute Gasteiger partial charge is 0.0496 e. The number of anilines is 1. The summed E-state index contributed by atoms with van der Waals surface area (Å²) in [7, 11) is 0. The Morgan fingerprint density at radius 3 is 2.25 bits per heavy atom. The zero-order chi connectivity index (χ0) is 14.7. The van der Waals surface area contributed by atoms with Crippen LogP contribution in [0.2, 0.25) is 0 Å². The molecule has 0 saturated heterocycles. The van der Waals surface area contributed by atoms with Gasteiger partial charge in [-0.3, -0.25) is 0 Å². The van der Waals surface area contributed by atoms with Crippen molar-refractivity contribution in [1.29, 1.82) is 0 Å². The third-order valence-electron chi connectivity index (χ3n) is 4.02. The normalized spacial score (nSPS) is 14.1. The number of benzene rings is 1. The van der Waals surface area contributed by atoms with Crippen molar-refractivity contribution < 1.29 is 0 Å². The van der Waals surface area contributed by atoms with Gasteiger partial charge in [0.25, 0.3) is 0 Å². The highest BCUT2D eigenvalue weighted by Gasteiger charge is 2.11. The molecule has 1 aromatic heterocycles. The maximum absolute atomic E-state index is 3.60. The third-order valence-corrected chi connectivity index (χ3v) is 5.00. The van der Waals surface area contributed by atoms with E-state index in [1.54, 1.807) is 0 Å². The SMILES string of the molecule is CCC(C)c1ccc(NC(C)c2cc(C)sc2C)cc1. The molecule has 1 aromatic carbocycles. The molecular formula is C18H25NS. The molecular weight excluding hydrogens is 262 g/mol. The molecule has 0 amide bonds. The molecule has 0 aliphatic rings. The zero-order valence-corrected chi connectivity index (χ0v) is 14.0. The van der Waals surface area contributed by atoms with Crippen LogP contribution in [0.4, 0.5) is 5.69 Å². The fourth-order valence-corrected chi connectivity index (χ4v) is 3.57. The van der Waals surface area contributed by atoms with Crippen LogP contribution in [0.15, 0.2) is 30.3 Å². The molecule has 0 radical (unpaired) electrons. The summed E-state index contributed by atoms with van der Waals surface area (Å²) in [4.78, 5) is 2.80. The van der Waals surface area contributed by atoms with Crippen molar-refractivity contribution in [3.05, 3.63) is 51.2 Å². The standard InChI is InChI=1S/C18H25NS/c1-6-12(2)16-7-9-17(10-8-16)19-14(4)18-11-13(3)20-15(18)5/h7-12,14,19H,6H2,1-5H3. The van der Waals surface area contributed by atoms with Gasteiger partial charge in [-0.05, 0) is 62.4 Å². The minimum atomic E-state index is 0.356. The van der Waals surface area contributed by atoms with Gasteiger partial charge in [0.2, 0.25) is 0 Å². The third kappa shape index (κ3) is 3.43. The molecule has 1 heterocycles. The number of nitrogens with one attached hydrogen (secondary N) is 1. The lowest BCUT2D eigenvalue weighted by molar-refractivity contribution is 0.733. The highest BCUT2D eigenvalue weighted by Crippen LogP contribution is 2.29. The van der Waals surface area contributed by atoms with E-state index in [1.807, 2.05) is 11.3 Å². The molecule has 108 valence electrons. The zero-order valence-electron chi connectivity index (χ0n) is 13.2. The number of aryl methyl sites for hydroxylation is 2. The molecule has 1 nitrogen and oxygen atoms in total. The molecule has 2 aromatic rings. The Kier molecular flexibility index (Phi) is 4.87. The summed E-state index contributed by atoms with van der Waals surface area (Å²) in [5.41, 5.74) is 4.04. The van der Waals surface area contributed by atoms with Crippen molar-refractivity contribution in [2.24, 2.45) is 0 Å². The quantitative estimate of drug-likeness (QED) is 0.705. The first-order valence-corrected chi connectivity index (χ1v) is 8.26. The van der Waals surface area contributed by atoms with Gasteiger partial charge >= 0.3 is 0 Å². The van der Waals surface area contributed by atoms with Crippen molar-refractivity contribution in [1.82, 2.24) is 0 Å². The van der Waals surface area contributed by atoms with Crippen molar-refractivity contribution in [2.45, 2.75) is 53.0 Å². The minimum Gasteiger partial charge on any atom is -0.378 e. The van der Waals surface area contributed by atoms with E-state index in [4.69, 9.17) is 0 Å². The van der Waals surface area contributed by atoms with Crippen molar-refractivity contribution in [3.63, 3.8) is 0 Å². The van der Waals surface area contributed by atoms with Gasteiger partial charge in [0.15, 0.2) is 0 Å². The summed E-state index contributed by atoms with van der Waals surface area (Å²) in [5, 5.41) is 3.60. The lowest BCUT2D eigenvalue weighted by Gasteiger charge is -2.16. The molecule has 2 unspecified atom stereocenters. The number of rotatable bonds is 5. The average Bonchev–Trinajstić information content (AvgIpc) is 2.78. The molecule has 20 heavy (non-hydrogen) atoms. The fourth-order valence-electron chi connectivity index (χ4n) is 2.55. The van der Waals surface area contributed by atoms with Gasteiger partial charge in [-0.2, -0.15) is 0 Å². The molecule has 1 N–H and O–H groups in total. The maximum atomic E-state index is 3.60. The highest BCUT2D eigenvalue weighted by atomic mass is 32.1. The topological polar surface area (TPSA) is 12.0 Å². The van der Waals surface area contributed by atoms with Crippen LogP contribution in [0.3, 0.4) is 0 Å². The molecule has 0 spiro atoms. The van der Waals surface area contributed by atoms with E-state index < -0.39 is 0 Å². The van der Waals surface area contributed by atoms with Gasteiger partial charge < -0.3 is 5.32 Å².